The molecule has 11 nitrogen and oxygen atoms in total. The van der Waals surface area contributed by atoms with Gasteiger partial charge in [-0.15, -0.1) is 0 Å². The molecule has 4 aromatic rings. The Morgan fingerprint density at radius 2 is 0.974 bits per heavy atom. The highest BCUT2D eigenvalue weighted by Crippen LogP contribution is 2.62. The third kappa shape index (κ3) is 16.4. The Kier molecular flexibility index (Phi) is 20.5. The first-order valence-corrected chi connectivity index (χ1v) is 34.6. The van der Waals surface area contributed by atoms with E-state index in [1.54, 1.807) is 21.3 Å². The van der Waals surface area contributed by atoms with E-state index in [-0.39, 0.29) is 34.2 Å². The van der Waals surface area contributed by atoms with E-state index in [0.29, 0.717) is 42.3 Å². The Morgan fingerprint density at radius 3 is 1.40 bits per heavy atom. The van der Waals surface area contributed by atoms with Crippen molar-refractivity contribution in [1.29, 1.82) is 0 Å². The van der Waals surface area contributed by atoms with E-state index in [9.17, 15) is 18.5 Å². The van der Waals surface area contributed by atoms with Gasteiger partial charge in [0.15, 0.2) is 0 Å². The zero-order valence-corrected chi connectivity index (χ0v) is 52.4. The fourth-order valence-corrected chi connectivity index (χ4v) is 19.6. The van der Waals surface area contributed by atoms with Gasteiger partial charge in [-0.3, -0.25) is 4.79 Å². The highest BCUT2D eigenvalue weighted by Gasteiger charge is 2.44. The van der Waals surface area contributed by atoms with Crippen molar-refractivity contribution >= 4 is 38.3 Å². The molecule has 2 N–H and O–H groups in total. The van der Waals surface area contributed by atoms with Gasteiger partial charge in [-0.1, -0.05) is 132 Å². The first-order chi connectivity index (χ1) is 36.0. The van der Waals surface area contributed by atoms with Gasteiger partial charge in [-0.05, 0) is 99.4 Å². The van der Waals surface area contributed by atoms with Crippen LogP contribution in [-0.4, -0.2) is 125 Å². The first kappa shape index (κ1) is 62.4. The fourth-order valence-electron chi connectivity index (χ4n) is 10.7. The molecule has 3 heterocycles. The van der Waals surface area contributed by atoms with Crippen LogP contribution in [-0.2, 0) is 42.0 Å². The lowest BCUT2D eigenvalue weighted by molar-refractivity contribution is 0.0769. The average Bonchev–Trinajstić information content (AvgIpc) is 4.33. The minimum atomic E-state index is -2.22. The number of amides is 1. The molecule has 0 unspecified atom stereocenters. The van der Waals surface area contributed by atoms with Gasteiger partial charge in [0.25, 0.3) is 5.91 Å². The van der Waals surface area contributed by atoms with Crippen molar-refractivity contribution in [3.8, 4) is 17.2 Å². The van der Waals surface area contributed by atoms with Crippen molar-refractivity contribution < 1.29 is 37.8 Å². The first-order valence-electron chi connectivity index (χ1n) is 28.2. The van der Waals surface area contributed by atoms with Crippen molar-refractivity contribution in [3.05, 3.63) is 112 Å². The lowest BCUT2D eigenvalue weighted by Gasteiger charge is -2.34. The lowest BCUT2D eigenvalue weighted by atomic mass is 9.85. The molecule has 3 saturated heterocycles. The van der Waals surface area contributed by atoms with E-state index in [1.807, 2.05) is 47.4 Å². The Labute approximate surface area is 464 Å². The van der Waals surface area contributed by atoms with E-state index >= 15 is 0 Å². The molecule has 5 aliphatic rings. The van der Waals surface area contributed by atoms with Gasteiger partial charge in [0, 0.05) is 110 Å². The number of methoxy groups -OCH3 is 3. The summed E-state index contributed by atoms with van der Waals surface area (Å²) in [5, 5.41) is 13.1. The Hall–Kier alpha value is -3.84. The van der Waals surface area contributed by atoms with Gasteiger partial charge in [-0.25, -0.2) is 0 Å². The fraction of sp³-hybridized carbons (Fsp3) is 0.603. The SMILES string of the molecule is CC(C)(C)c1ccc(CO)cc1.COc1cc(C(=O)N2CCP(=O)(C3CC3)CC2)ccc1C(C)(C)C.COc1cc(N2CCP(=O)(C3CC3)CC2)ccc1C(C)(C)C.COc1cc(P2(=O)CCNCC2)ccc1C(C)(C)C. The van der Waals surface area contributed by atoms with Crippen LogP contribution < -0.4 is 29.7 Å². The number of rotatable bonds is 9. The van der Waals surface area contributed by atoms with Gasteiger partial charge in [0.2, 0.25) is 0 Å². The summed E-state index contributed by atoms with van der Waals surface area (Å²) < 4.78 is 55.2. The molecular formula is C63H96N3O8P3. The second-order valence-electron chi connectivity index (χ2n) is 26.2. The Balaban J connectivity index is 0.000000171. The summed E-state index contributed by atoms with van der Waals surface area (Å²) in [6.45, 7) is 31.0. The van der Waals surface area contributed by atoms with Crippen LogP contribution in [0.2, 0.25) is 0 Å². The van der Waals surface area contributed by atoms with E-state index in [0.717, 1.165) is 97.3 Å². The van der Waals surface area contributed by atoms with Crippen molar-refractivity contribution in [1.82, 2.24) is 10.2 Å². The molecule has 0 bridgehead atoms. The number of aliphatic hydroxyl groups is 1. The molecule has 4 aromatic carbocycles. The molecule has 2 saturated carbocycles. The van der Waals surface area contributed by atoms with Crippen LogP contribution in [0.1, 0.15) is 147 Å². The molecule has 0 radical (unpaired) electrons. The summed E-state index contributed by atoms with van der Waals surface area (Å²) in [6.07, 6.45) is 9.32. The van der Waals surface area contributed by atoms with Crippen LogP contribution >= 0.6 is 21.4 Å². The molecule has 1 amide bonds. The van der Waals surface area contributed by atoms with Crippen LogP contribution in [0, 0.1) is 0 Å². The second-order valence-corrected chi connectivity index (χ2v) is 36.4. The van der Waals surface area contributed by atoms with Crippen LogP contribution in [0.3, 0.4) is 0 Å². The largest absolute Gasteiger partial charge is 0.496 e. The monoisotopic (exact) mass is 1120 g/mol. The predicted molar refractivity (Wildman–Crippen MR) is 325 cm³/mol. The normalized spacial score (nSPS) is 19.2. The molecule has 0 spiro atoms. The van der Waals surface area contributed by atoms with Gasteiger partial charge in [-0.2, -0.15) is 0 Å². The van der Waals surface area contributed by atoms with Crippen LogP contribution in [0.4, 0.5) is 5.69 Å². The quantitative estimate of drug-likeness (QED) is 0.156. The van der Waals surface area contributed by atoms with Crippen molar-refractivity contribution in [2.75, 3.05) is 102 Å². The maximum atomic E-state index is 13.0. The molecule has 77 heavy (non-hydrogen) atoms. The maximum Gasteiger partial charge on any atom is 0.254 e. The zero-order valence-electron chi connectivity index (χ0n) is 49.7. The number of carbonyl (C=O) groups is 1. The maximum absolute atomic E-state index is 13.0. The summed E-state index contributed by atoms with van der Waals surface area (Å²) in [6, 6.07) is 26.5. The van der Waals surface area contributed by atoms with Crippen LogP contribution in [0.5, 0.6) is 17.2 Å². The van der Waals surface area contributed by atoms with Gasteiger partial charge >= 0.3 is 0 Å². The average molecular weight is 1120 g/mol. The number of nitrogens with zero attached hydrogens (tertiary/aromatic N) is 2. The van der Waals surface area contributed by atoms with Crippen molar-refractivity contribution in [2.45, 2.75) is 148 Å². The summed E-state index contributed by atoms with van der Waals surface area (Å²) >= 11 is 0. The molecule has 2 aliphatic carbocycles. The van der Waals surface area contributed by atoms with E-state index in [1.165, 1.54) is 35.2 Å². The molecule has 426 valence electrons. The van der Waals surface area contributed by atoms with Crippen LogP contribution in [0.25, 0.3) is 0 Å². The predicted octanol–water partition coefficient (Wildman–Crippen LogP) is 13.4. The minimum Gasteiger partial charge on any atom is -0.496 e. The number of carbonyl (C=O) groups excluding carboxylic acids is 1. The minimum absolute atomic E-state index is 0.0239. The molecule has 9 rings (SSSR count). The number of anilines is 1. The topological polar surface area (TPSA) is 135 Å². The smallest absolute Gasteiger partial charge is 0.254 e. The summed E-state index contributed by atoms with van der Waals surface area (Å²) in [7, 11) is -1.01. The number of ether oxygens (including phenoxy) is 3. The molecule has 14 heteroatoms. The summed E-state index contributed by atoms with van der Waals surface area (Å²) in [5.74, 6) is 2.60. The number of aliphatic hydroxyl groups excluding tert-OH is 1. The number of hydrogen-bond acceptors (Lipinski definition) is 10. The summed E-state index contributed by atoms with van der Waals surface area (Å²) in [4.78, 5) is 17.0. The molecule has 3 aliphatic heterocycles. The molecular weight excluding hydrogens is 1020 g/mol. The number of nitrogens with one attached hydrogen (secondary N) is 1. The second kappa shape index (κ2) is 25.3. The van der Waals surface area contributed by atoms with E-state index < -0.39 is 21.4 Å². The van der Waals surface area contributed by atoms with Gasteiger partial charge in [0.1, 0.15) is 24.4 Å². The van der Waals surface area contributed by atoms with Crippen LogP contribution in [0.15, 0.2) is 78.9 Å². The van der Waals surface area contributed by atoms with E-state index in [4.69, 9.17) is 19.3 Å². The standard InChI is InChI=1S/C19H28NO3P.C18H28NO2P.C15H24NO2P.C11H16O/c1-19(2,3)16-8-5-14(13-17(16)23-4)18(21)20-9-11-24(22,12-10-20)15-6-7-15;1-18(2,3)16-8-5-14(13-17(16)21-4)19-9-11-22(20,12-10-19)15-6-7-15;1-15(2,3)13-6-5-12(11-14(13)18-4)19(17)9-7-16-8-10-19;1-11(2,3)10-6-4-9(8-12)5-7-10/h5,8,13,15H,6-7,9-12H2,1-4H3;5,8,13,15H,6-7,9-12H2,1-4H3;5-6,11,16H,7-10H2,1-4H3;4-7,12H,8H2,1-3H3. The zero-order chi connectivity index (χ0) is 56.8. The molecule has 5 fully saturated rings. The van der Waals surface area contributed by atoms with Crippen molar-refractivity contribution in [3.63, 3.8) is 0 Å². The van der Waals surface area contributed by atoms with Gasteiger partial charge in [0.05, 0.1) is 42.2 Å². The Morgan fingerprint density at radius 1 is 0.545 bits per heavy atom. The number of benzene rings is 4. The third-order valence-corrected chi connectivity index (χ3v) is 26.7. The molecule has 0 aromatic heterocycles. The third-order valence-electron chi connectivity index (χ3n) is 16.1. The van der Waals surface area contributed by atoms with Crippen molar-refractivity contribution in [2.24, 2.45) is 0 Å². The van der Waals surface area contributed by atoms with Gasteiger partial charge < -0.3 is 48.1 Å². The van der Waals surface area contributed by atoms with E-state index in [2.05, 4.69) is 130 Å². The summed E-state index contributed by atoms with van der Waals surface area (Å²) in [5.41, 5.74) is 8.94. The molecule has 0 atom stereocenters. The number of hydrogen-bond donors (Lipinski definition) is 2. The lowest BCUT2D eigenvalue weighted by Crippen LogP contribution is -2.40. The highest BCUT2D eigenvalue weighted by molar-refractivity contribution is 7.71. The highest BCUT2D eigenvalue weighted by atomic mass is 31.2. The Bertz CT molecular complexity index is 2740.